The van der Waals surface area contributed by atoms with Gasteiger partial charge in [-0.3, -0.25) is 4.99 Å². The van der Waals surface area contributed by atoms with Crippen molar-refractivity contribution in [2.24, 2.45) is 4.99 Å². The molecule has 94 valence electrons. The van der Waals surface area contributed by atoms with Gasteiger partial charge >= 0.3 is 0 Å². The summed E-state index contributed by atoms with van der Waals surface area (Å²) in [4.78, 5) is 4.25. The molecule has 0 radical (unpaired) electrons. The Hall–Kier alpha value is -1.85. The Morgan fingerprint density at radius 2 is 2.26 bits per heavy atom. The molecule has 1 aliphatic carbocycles. The van der Waals surface area contributed by atoms with E-state index in [0.717, 1.165) is 24.0 Å². The van der Waals surface area contributed by atoms with E-state index < -0.39 is 5.38 Å². The fourth-order valence-electron chi connectivity index (χ4n) is 2.56. The van der Waals surface area contributed by atoms with E-state index in [0.29, 0.717) is 12.1 Å². The summed E-state index contributed by atoms with van der Waals surface area (Å²) >= 11 is 6.13. The molecule has 1 aliphatic heterocycles. The molecule has 2 nitrogen and oxygen atoms in total. The first-order chi connectivity index (χ1) is 9.29. The quantitative estimate of drug-likeness (QED) is 0.717. The van der Waals surface area contributed by atoms with Crippen LogP contribution in [0.2, 0.25) is 0 Å². The second-order valence-electron chi connectivity index (χ2n) is 4.75. The Labute approximate surface area is 117 Å². The molecule has 1 aromatic carbocycles. The number of dihydropyridines is 1. The largest absolute Gasteiger partial charge is 0.291 e. The lowest BCUT2D eigenvalue weighted by Crippen LogP contribution is -2.13. The molecule has 3 heteroatoms. The molecule has 2 aliphatic rings. The molecule has 3 rings (SSSR count). The third-order valence-electron chi connectivity index (χ3n) is 3.58. The van der Waals surface area contributed by atoms with E-state index in [2.05, 4.69) is 41.4 Å². The normalized spacial score (nSPS) is 21.2. The number of aliphatic imine (C=N–C) groups is 1. The minimum atomic E-state index is -0.398. The van der Waals surface area contributed by atoms with Crippen LogP contribution in [0.5, 0.6) is 0 Å². The fourth-order valence-corrected chi connectivity index (χ4v) is 2.82. The van der Waals surface area contributed by atoms with Crippen LogP contribution in [0.4, 0.5) is 0 Å². The van der Waals surface area contributed by atoms with Crippen molar-refractivity contribution in [3.63, 3.8) is 0 Å². The summed E-state index contributed by atoms with van der Waals surface area (Å²) in [6, 6.07) is 8.58. The Morgan fingerprint density at radius 3 is 3.11 bits per heavy atom. The second-order valence-corrected chi connectivity index (χ2v) is 5.22. The summed E-state index contributed by atoms with van der Waals surface area (Å²) in [6.07, 6.45) is 8.14. The second kappa shape index (κ2) is 5.03. The Balaban J connectivity index is 2.07. The minimum Gasteiger partial charge on any atom is -0.291 e. The first-order valence-corrected chi connectivity index (χ1v) is 6.80. The van der Waals surface area contributed by atoms with Crippen LogP contribution in [0.25, 0.3) is 11.6 Å². The molecule has 1 aromatic rings. The highest BCUT2D eigenvalue weighted by molar-refractivity contribution is 6.31. The Bertz CT molecular complexity index is 647. The smallest absolute Gasteiger partial charge is 0.103 e. The first kappa shape index (κ1) is 12.2. The molecule has 1 heterocycles. The van der Waals surface area contributed by atoms with Gasteiger partial charge in [0, 0.05) is 6.21 Å². The van der Waals surface area contributed by atoms with E-state index in [1.165, 1.54) is 11.1 Å². The molecule has 19 heavy (non-hydrogen) atoms. The van der Waals surface area contributed by atoms with Crippen LogP contribution in [0.3, 0.4) is 0 Å². The molecule has 1 unspecified atom stereocenters. The molecule has 0 aromatic heterocycles. The minimum absolute atomic E-state index is 0.398. The van der Waals surface area contributed by atoms with E-state index >= 15 is 0 Å². The number of allylic oxidation sites excluding steroid dienone is 2. The van der Waals surface area contributed by atoms with Crippen LogP contribution in [0.1, 0.15) is 23.1 Å². The van der Waals surface area contributed by atoms with Gasteiger partial charge in [-0.1, -0.05) is 30.4 Å². The molecule has 0 saturated heterocycles. The van der Waals surface area contributed by atoms with E-state index in [1.54, 1.807) is 6.21 Å². The van der Waals surface area contributed by atoms with Crippen LogP contribution < -0.4 is 0 Å². The SMILES string of the molecule is N#CC1=C(c2ccc3c(c2)CCC=C3)CN=CC1Cl. The van der Waals surface area contributed by atoms with Crippen molar-refractivity contribution in [2.75, 3.05) is 6.54 Å². The van der Waals surface area contributed by atoms with Crippen molar-refractivity contribution in [1.82, 2.24) is 0 Å². The lowest BCUT2D eigenvalue weighted by Gasteiger charge is -2.18. The van der Waals surface area contributed by atoms with Gasteiger partial charge in [0.15, 0.2) is 0 Å². The summed E-state index contributed by atoms with van der Waals surface area (Å²) < 4.78 is 0. The molecule has 0 spiro atoms. The van der Waals surface area contributed by atoms with Crippen molar-refractivity contribution >= 4 is 29.5 Å². The van der Waals surface area contributed by atoms with Crippen LogP contribution in [-0.4, -0.2) is 18.1 Å². The van der Waals surface area contributed by atoms with Gasteiger partial charge < -0.3 is 0 Å². The Morgan fingerprint density at radius 1 is 1.37 bits per heavy atom. The van der Waals surface area contributed by atoms with Crippen LogP contribution in [-0.2, 0) is 6.42 Å². The number of hydrogen-bond acceptors (Lipinski definition) is 2. The number of alkyl halides is 1. The number of benzene rings is 1. The topological polar surface area (TPSA) is 36.1 Å². The van der Waals surface area contributed by atoms with Gasteiger partial charge in [0.1, 0.15) is 5.38 Å². The third kappa shape index (κ3) is 2.22. The lowest BCUT2D eigenvalue weighted by atomic mass is 9.90. The number of nitriles is 1. The van der Waals surface area contributed by atoms with Crippen LogP contribution in [0.15, 0.2) is 34.8 Å². The zero-order valence-electron chi connectivity index (χ0n) is 10.4. The van der Waals surface area contributed by atoms with Gasteiger partial charge in [-0.2, -0.15) is 5.26 Å². The highest BCUT2D eigenvalue weighted by atomic mass is 35.5. The molecule has 1 atom stereocenters. The summed E-state index contributed by atoms with van der Waals surface area (Å²) in [5, 5.41) is 8.87. The summed E-state index contributed by atoms with van der Waals surface area (Å²) in [5.41, 5.74) is 5.28. The van der Waals surface area contributed by atoms with Gasteiger partial charge in [-0.05, 0) is 35.1 Å². The van der Waals surface area contributed by atoms with Gasteiger partial charge in [-0.25, -0.2) is 0 Å². The van der Waals surface area contributed by atoms with Crippen molar-refractivity contribution in [1.29, 1.82) is 5.26 Å². The number of aryl methyl sites for hydroxylation is 1. The highest BCUT2D eigenvalue weighted by Gasteiger charge is 2.20. The average Bonchev–Trinajstić information content (AvgIpc) is 2.46. The van der Waals surface area contributed by atoms with Crippen molar-refractivity contribution in [3.05, 3.63) is 46.5 Å². The number of hydrogen-bond donors (Lipinski definition) is 0. The van der Waals surface area contributed by atoms with Crippen molar-refractivity contribution in [3.8, 4) is 6.07 Å². The van der Waals surface area contributed by atoms with Crippen molar-refractivity contribution in [2.45, 2.75) is 18.2 Å². The molecule has 0 fully saturated rings. The van der Waals surface area contributed by atoms with E-state index in [9.17, 15) is 5.26 Å². The summed E-state index contributed by atoms with van der Waals surface area (Å²) in [6.45, 7) is 0.542. The number of halogens is 1. The molecule has 0 saturated carbocycles. The molecular formula is C16H13ClN2. The van der Waals surface area contributed by atoms with Crippen LogP contribution >= 0.6 is 11.6 Å². The predicted octanol–water partition coefficient (Wildman–Crippen LogP) is 3.61. The van der Waals surface area contributed by atoms with Gasteiger partial charge in [0.05, 0.1) is 18.2 Å². The van der Waals surface area contributed by atoms with Gasteiger partial charge in [-0.15, -0.1) is 11.6 Å². The zero-order chi connectivity index (χ0) is 13.2. The maximum absolute atomic E-state index is 9.27. The van der Waals surface area contributed by atoms with E-state index in [4.69, 9.17) is 11.6 Å². The fraction of sp³-hybridized carbons (Fsp3) is 0.250. The zero-order valence-corrected chi connectivity index (χ0v) is 11.2. The first-order valence-electron chi connectivity index (χ1n) is 6.36. The van der Waals surface area contributed by atoms with Gasteiger partial charge in [0.25, 0.3) is 0 Å². The molecular weight excluding hydrogens is 256 g/mol. The number of rotatable bonds is 1. The summed E-state index contributed by atoms with van der Waals surface area (Å²) in [7, 11) is 0. The van der Waals surface area contributed by atoms with E-state index in [1.807, 2.05) is 0 Å². The average molecular weight is 269 g/mol. The van der Waals surface area contributed by atoms with Gasteiger partial charge in [0.2, 0.25) is 0 Å². The number of nitrogens with zero attached hydrogens (tertiary/aromatic N) is 2. The number of fused-ring (bicyclic) bond motifs is 1. The lowest BCUT2D eigenvalue weighted by molar-refractivity contribution is 0.983. The Kier molecular flexibility index (Phi) is 3.23. The molecule has 0 N–H and O–H groups in total. The maximum Gasteiger partial charge on any atom is 0.103 e. The molecule has 0 bridgehead atoms. The predicted molar refractivity (Wildman–Crippen MR) is 79.3 cm³/mol. The van der Waals surface area contributed by atoms with E-state index in [-0.39, 0.29) is 0 Å². The highest BCUT2D eigenvalue weighted by Crippen LogP contribution is 2.29. The van der Waals surface area contributed by atoms with Crippen LogP contribution in [0, 0.1) is 11.3 Å². The maximum atomic E-state index is 9.27. The summed E-state index contributed by atoms with van der Waals surface area (Å²) in [5.74, 6) is 0. The standard InChI is InChI=1S/C16H13ClN2/c17-16-10-19-9-15(14(16)8-18)13-6-5-11-3-1-2-4-12(11)7-13/h1,3,5-7,10,16H,2,4,9H2. The van der Waals surface area contributed by atoms with Crippen molar-refractivity contribution < 1.29 is 0 Å². The third-order valence-corrected chi connectivity index (χ3v) is 3.91. The molecule has 0 amide bonds. The monoisotopic (exact) mass is 268 g/mol.